The minimum absolute atomic E-state index is 0.0524. The molecule has 0 fully saturated rings. The standard InChI is InChI=1S/C13H18BrNO2S/c1-10(7-17-2)15-13(16)9-18-8-11-5-3-4-6-12(11)14/h3-6,10H,7-9H2,1-2H3,(H,15,16)/t10-/m1/s1. The van der Waals surface area contributed by atoms with E-state index in [1.807, 2.05) is 25.1 Å². The van der Waals surface area contributed by atoms with Crippen molar-refractivity contribution in [1.82, 2.24) is 5.32 Å². The van der Waals surface area contributed by atoms with Gasteiger partial charge in [-0.3, -0.25) is 4.79 Å². The highest BCUT2D eigenvalue weighted by Gasteiger charge is 2.07. The van der Waals surface area contributed by atoms with Gasteiger partial charge >= 0.3 is 0 Å². The van der Waals surface area contributed by atoms with Gasteiger partial charge in [0.2, 0.25) is 5.91 Å². The first kappa shape index (κ1) is 15.5. The smallest absolute Gasteiger partial charge is 0.230 e. The van der Waals surface area contributed by atoms with Crippen LogP contribution in [0.15, 0.2) is 28.7 Å². The number of benzene rings is 1. The molecule has 1 amide bonds. The Morgan fingerprint density at radius 3 is 2.89 bits per heavy atom. The van der Waals surface area contributed by atoms with E-state index in [0.717, 1.165) is 10.2 Å². The molecule has 0 bridgehead atoms. The van der Waals surface area contributed by atoms with Gasteiger partial charge in [0.25, 0.3) is 0 Å². The molecule has 1 N–H and O–H groups in total. The molecule has 100 valence electrons. The first-order valence-electron chi connectivity index (χ1n) is 5.73. The third-order valence-corrected chi connectivity index (χ3v) is 4.03. The highest BCUT2D eigenvalue weighted by molar-refractivity contribution is 9.10. The maximum atomic E-state index is 11.6. The lowest BCUT2D eigenvalue weighted by atomic mass is 10.2. The molecule has 0 aliphatic heterocycles. The lowest BCUT2D eigenvalue weighted by molar-refractivity contribution is -0.119. The SMILES string of the molecule is COC[C@@H](C)NC(=O)CSCc1ccccc1Br. The summed E-state index contributed by atoms with van der Waals surface area (Å²) >= 11 is 5.10. The Morgan fingerprint density at radius 2 is 2.22 bits per heavy atom. The van der Waals surface area contributed by atoms with Gasteiger partial charge in [-0.25, -0.2) is 0 Å². The summed E-state index contributed by atoms with van der Waals surface area (Å²) in [7, 11) is 1.63. The first-order valence-corrected chi connectivity index (χ1v) is 7.67. The fraction of sp³-hybridized carbons (Fsp3) is 0.462. The lowest BCUT2D eigenvalue weighted by Gasteiger charge is -2.12. The van der Waals surface area contributed by atoms with Crippen molar-refractivity contribution in [3.63, 3.8) is 0 Å². The summed E-state index contributed by atoms with van der Waals surface area (Å²) in [5.41, 5.74) is 1.21. The Balaban J connectivity index is 2.25. The number of carbonyl (C=O) groups is 1. The van der Waals surface area contributed by atoms with Crippen LogP contribution in [-0.2, 0) is 15.3 Å². The zero-order valence-electron chi connectivity index (χ0n) is 10.6. The predicted molar refractivity (Wildman–Crippen MR) is 79.8 cm³/mol. The van der Waals surface area contributed by atoms with E-state index >= 15 is 0 Å². The maximum Gasteiger partial charge on any atom is 0.230 e. The average Bonchev–Trinajstić information content (AvgIpc) is 2.31. The molecule has 0 spiro atoms. The Morgan fingerprint density at radius 1 is 1.50 bits per heavy atom. The van der Waals surface area contributed by atoms with Crippen LogP contribution in [0.5, 0.6) is 0 Å². The number of hydrogen-bond donors (Lipinski definition) is 1. The highest BCUT2D eigenvalue weighted by atomic mass is 79.9. The van der Waals surface area contributed by atoms with E-state index in [4.69, 9.17) is 4.74 Å². The molecule has 1 aromatic carbocycles. The zero-order chi connectivity index (χ0) is 13.4. The maximum absolute atomic E-state index is 11.6. The van der Waals surface area contributed by atoms with Crippen LogP contribution < -0.4 is 5.32 Å². The van der Waals surface area contributed by atoms with Crippen molar-refractivity contribution in [1.29, 1.82) is 0 Å². The van der Waals surface area contributed by atoms with Crippen molar-refractivity contribution in [3.05, 3.63) is 34.3 Å². The Hall–Kier alpha value is -0.520. The van der Waals surface area contributed by atoms with Crippen molar-refractivity contribution >= 4 is 33.6 Å². The minimum atomic E-state index is 0.0524. The Bertz CT molecular complexity index is 387. The summed E-state index contributed by atoms with van der Waals surface area (Å²) in [6, 6.07) is 8.12. The summed E-state index contributed by atoms with van der Waals surface area (Å²) in [4.78, 5) is 11.6. The number of amides is 1. The fourth-order valence-electron chi connectivity index (χ4n) is 1.48. The van der Waals surface area contributed by atoms with Gasteiger partial charge in [-0.1, -0.05) is 34.1 Å². The van der Waals surface area contributed by atoms with Crippen molar-refractivity contribution in [3.8, 4) is 0 Å². The molecule has 0 aromatic heterocycles. The Labute approximate surface area is 121 Å². The molecule has 0 heterocycles. The number of thioether (sulfide) groups is 1. The lowest BCUT2D eigenvalue weighted by Crippen LogP contribution is -2.36. The quantitative estimate of drug-likeness (QED) is 0.834. The second kappa shape index (κ2) is 8.56. The molecule has 0 unspecified atom stereocenters. The molecule has 0 aliphatic rings. The monoisotopic (exact) mass is 331 g/mol. The molecule has 1 aromatic rings. The average molecular weight is 332 g/mol. The molecule has 3 nitrogen and oxygen atoms in total. The van der Waals surface area contributed by atoms with Crippen LogP contribution in [0.25, 0.3) is 0 Å². The van der Waals surface area contributed by atoms with Crippen LogP contribution >= 0.6 is 27.7 Å². The molecule has 0 aliphatic carbocycles. The minimum Gasteiger partial charge on any atom is -0.383 e. The third-order valence-electron chi connectivity index (χ3n) is 2.27. The first-order chi connectivity index (χ1) is 8.63. The summed E-state index contributed by atoms with van der Waals surface area (Å²) in [6.07, 6.45) is 0. The number of carbonyl (C=O) groups excluding carboxylic acids is 1. The van der Waals surface area contributed by atoms with E-state index in [9.17, 15) is 4.79 Å². The van der Waals surface area contributed by atoms with Crippen molar-refractivity contribution in [2.24, 2.45) is 0 Å². The largest absolute Gasteiger partial charge is 0.383 e. The Kier molecular flexibility index (Phi) is 7.39. The second-order valence-electron chi connectivity index (χ2n) is 4.01. The van der Waals surface area contributed by atoms with Crippen LogP contribution in [-0.4, -0.2) is 31.4 Å². The predicted octanol–water partition coefficient (Wildman–Crippen LogP) is 2.83. The summed E-state index contributed by atoms with van der Waals surface area (Å²) in [6.45, 7) is 2.47. The van der Waals surface area contributed by atoms with Gasteiger partial charge in [-0.15, -0.1) is 11.8 Å². The van der Waals surface area contributed by atoms with Gasteiger partial charge in [0.15, 0.2) is 0 Å². The molecule has 5 heteroatoms. The fourth-order valence-corrected chi connectivity index (χ4v) is 2.93. The van der Waals surface area contributed by atoms with E-state index in [1.165, 1.54) is 5.56 Å². The van der Waals surface area contributed by atoms with Crippen LogP contribution in [0.1, 0.15) is 12.5 Å². The number of nitrogens with one attached hydrogen (secondary N) is 1. The number of ether oxygens (including phenoxy) is 1. The van der Waals surface area contributed by atoms with Crippen molar-refractivity contribution in [2.75, 3.05) is 19.5 Å². The molecule has 0 saturated carbocycles. The molecular formula is C13H18BrNO2S. The summed E-state index contributed by atoms with van der Waals surface area (Å²) < 4.78 is 6.05. The summed E-state index contributed by atoms with van der Waals surface area (Å²) in [5, 5.41) is 2.89. The van der Waals surface area contributed by atoms with Gasteiger partial charge in [-0.2, -0.15) is 0 Å². The molecule has 0 saturated heterocycles. The van der Waals surface area contributed by atoms with E-state index in [1.54, 1.807) is 18.9 Å². The molecule has 18 heavy (non-hydrogen) atoms. The van der Waals surface area contributed by atoms with E-state index in [2.05, 4.69) is 27.3 Å². The normalized spacial score (nSPS) is 12.2. The topological polar surface area (TPSA) is 38.3 Å². The molecular weight excluding hydrogens is 314 g/mol. The van der Waals surface area contributed by atoms with Gasteiger partial charge in [0.05, 0.1) is 12.4 Å². The number of rotatable bonds is 7. The van der Waals surface area contributed by atoms with Crippen LogP contribution in [0.4, 0.5) is 0 Å². The van der Waals surface area contributed by atoms with Crippen LogP contribution in [0.2, 0.25) is 0 Å². The molecule has 1 rings (SSSR count). The highest BCUT2D eigenvalue weighted by Crippen LogP contribution is 2.20. The van der Waals surface area contributed by atoms with Gasteiger partial charge in [0, 0.05) is 23.4 Å². The van der Waals surface area contributed by atoms with Gasteiger partial charge in [-0.05, 0) is 18.6 Å². The number of hydrogen-bond acceptors (Lipinski definition) is 3. The van der Waals surface area contributed by atoms with Gasteiger partial charge in [0.1, 0.15) is 0 Å². The number of halogens is 1. The molecule has 1 atom stereocenters. The van der Waals surface area contributed by atoms with E-state index in [0.29, 0.717) is 12.4 Å². The third kappa shape index (κ3) is 5.89. The number of methoxy groups -OCH3 is 1. The van der Waals surface area contributed by atoms with Crippen LogP contribution in [0, 0.1) is 0 Å². The van der Waals surface area contributed by atoms with Crippen molar-refractivity contribution < 1.29 is 9.53 Å². The molecule has 0 radical (unpaired) electrons. The zero-order valence-corrected chi connectivity index (χ0v) is 13.0. The van der Waals surface area contributed by atoms with Crippen LogP contribution in [0.3, 0.4) is 0 Å². The second-order valence-corrected chi connectivity index (χ2v) is 5.85. The van der Waals surface area contributed by atoms with E-state index < -0.39 is 0 Å². The summed E-state index contributed by atoms with van der Waals surface area (Å²) in [5.74, 6) is 1.35. The van der Waals surface area contributed by atoms with E-state index in [-0.39, 0.29) is 11.9 Å². The van der Waals surface area contributed by atoms with Crippen molar-refractivity contribution in [2.45, 2.75) is 18.7 Å². The van der Waals surface area contributed by atoms with Gasteiger partial charge < -0.3 is 10.1 Å².